The molecular formula is C25H26N4O2S. The van der Waals surface area contributed by atoms with Gasteiger partial charge in [0.1, 0.15) is 11.5 Å². The maximum atomic E-state index is 13.3. The van der Waals surface area contributed by atoms with Crippen molar-refractivity contribution in [2.24, 2.45) is 0 Å². The first kappa shape index (κ1) is 22.1. The Labute approximate surface area is 191 Å². The van der Waals surface area contributed by atoms with Crippen LogP contribution in [0, 0.1) is 0 Å². The fraction of sp³-hybridized carbons (Fsp3) is 0.200. The summed E-state index contributed by atoms with van der Waals surface area (Å²) in [7, 11) is 0. The number of hydrogen-bond donors (Lipinski definition) is 2. The fourth-order valence-electron chi connectivity index (χ4n) is 3.55. The zero-order chi connectivity index (χ0) is 22.2. The Bertz CT molecular complexity index is 1210. The van der Waals surface area contributed by atoms with E-state index in [1.165, 1.54) is 0 Å². The predicted molar refractivity (Wildman–Crippen MR) is 131 cm³/mol. The van der Waals surface area contributed by atoms with Gasteiger partial charge < -0.3 is 14.6 Å². The van der Waals surface area contributed by atoms with Crippen LogP contribution in [0.15, 0.2) is 83.9 Å². The van der Waals surface area contributed by atoms with Crippen LogP contribution >= 0.6 is 11.9 Å². The van der Waals surface area contributed by atoms with Gasteiger partial charge in [0, 0.05) is 50.2 Å². The van der Waals surface area contributed by atoms with Crippen LogP contribution in [0.1, 0.15) is 11.1 Å². The van der Waals surface area contributed by atoms with Gasteiger partial charge >= 0.3 is 0 Å². The van der Waals surface area contributed by atoms with Gasteiger partial charge in [-0.05, 0) is 59.7 Å². The number of aromatic nitrogens is 2. The normalized spacial score (nSPS) is 11.0. The Balaban J connectivity index is 1.62. The SMILES string of the molecule is CSNCCn1c(=O)c(CNCc2ccncc2)cc2ccc(Oc3ccccc3)cc21. The van der Waals surface area contributed by atoms with Gasteiger partial charge in [-0.15, -0.1) is 0 Å². The topological polar surface area (TPSA) is 68.2 Å². The summed E-state index contributed by atoms with van der Waals surface area (Å²) >= 11 is 1.55. The van der Waals surface area contributed by atoms with E-state index in [1.807, 2.05) is 77.6 Å². The molecule has 0 saturated heterocycles. The predicted octanol–water partition coefficient (Wildman–Crippen LogP) is 4.35. The maximum Gasteiger partial charge on any atom is 0.255 e. The minimum atomic E-state index is 0.0134. The molecule has 4 rings (SSSR count). The van der Waals surface area contributed by atoms with Gasteiger partial charge in [0.15, 0.2) is 0 Å². The number of ether oxygens (including phenoxy) is 1. The second-order valence-corrected chi connectivity index (χ2v) is 8.02. The summed E-state index contributed by atoms with van der Waals surface area (Å²) in [5.41, 5.74) is 2.75. The van der Waals surface area contributed by atoms with Gasteiger partial charge in [-0.2, -0.15) is 0 Å². The molecule has 0 aliphatic heterocycles. The van der Waals surface area contributed by atoms with Crippen LogP contribution in [-0.4, -0.2) is 22.4 Å². The third-order valence-electron chi connectivity index (χ3n) is 5.10. The number of fused-ring (bicyclic) bond motifs is 1. The summed E-state index contributed by atoms with van der Waals surface area (Å²) in [5.74, 6) is 1.47. The molecule has 32 heavy (non-hydrogen) atoms. The Kier molecular flexibility index (Phi) is 7.55. The highest BCUT2D eigenvalue weighted by Gasteiger charge is 2.11. The lowest BCUT2D eigenvalue weighted by Gasteiger charge is -2.15. The molecule has 0 spiro atoms. The first-order chi connectivity index (χ1) is 15.7. The van der Waals surface area contributed by atoms with Crippen molar-refractivity contribution in [3.63, 3.8) is 0 Å². The summed E-state index contributed by atoms with van der Waals surface area (Å²) in [6.45, 7) is 2.43. The third-order valence-corrected chi connectivity index (χ3v) is 5.59. The van der Waals surface area contributed by atoms with Crippen molar-refractivity contribution < 1.29 is 4.74 Å². The molecule has 7 heteroatoms. The van der Waals surface area contributed by atoms with Crippen LogP contribution in [0.4, 0.5) is 0 Å². The van der Waals surface area contributed by atoms with E-state index in [0.717, 1.165) is 27.8 Å². The lowest BCUT2D eigenvalue weighted by molar-refractivity contribution is 0.483. The molecule has 0 atom stereocenters. The molecule has 0 bridgehead atoms. The van der Waals surface area contributed by atoms with Gasteiger partial charge in [0.25, 0.3) is 5.56 Å². The van der Waals surface area contributed by atoms with Crippen molar-refractivity contribution in [3.05, 3.63) is 101 Å². The summed E-state index contributed by atoms with van der Waals surface area (Å²) in [6, 6.07) is 21.5. The first-order valence-corrected chi connectivity index (χ1v) is 11.7. The standard InChI is InChI=1S/C25H26N4O2S/c1-32-28-13-14-29-24-16-23(31-22-5-3-2-4-6-22)8-7-20(24)15-21(25(29)30)18-27-17-19-9-11-26-12-10-19/h2-12,15-16,27-28H,13-14,17-18H2,1H3. The average molecular weight is 447 g/mol. The van der Waals surface area contributed by atoms with Crippen LogP contribution in [0.5, 0.6) is 11.5 Å². The molecule has 6 nitrogen and oxygen atoms in total. The molecule has 0 fully saturated rings. The summed E-state index contributed by atoms with van der Waals surface area (Å²) in [6.07, 6.45) is 5.52. The van der Waals surface area contributed by atoms with Gasteiger partial charge in [-0.1, -0.05) is 30.1 Å². The summed E-state index contributed by atoms with van der Waals surface area (Å²) < 4.78 is 11.1. The van der Waals surface area contributed by atoms with Gasteiger partial charge in [0.2, 0.25) is 0 Å². The average Bonchev–Trinajstić information content (AvgIpc) is 2.83. The van der Waals surface area contributed by atoms with Crippen molar-refractivity contribution in [2.45, 2.75) is 19.6 Å². The Morgan fingerprint density at radius 1 is 0.969 bits per heavy atom. The molecule has 2 aromatic heterocycles. The zero-order valence-corrected chi connectivity index (χ0v) is 18.8. The molecule has 2 heterocycles. The first-order valence-electron chi connectivity index (χ1n) is 10.5. The largest absolute Gasteiger partial charge is 0.457 e. The highest BCUT2D eigenvalue weighted by molar-refractivity contribution is 7.96. The van der Waals surface area contributed by atoms with E-state index >= 15 is 0 Å². The van der Waals surface area contributed by atoms with Crippen molar-refractivity contribution in [1.29, 1.82) is 0 Å². The van der Waals surface area contributed by atoms with Crippen molar-refractivity contribution in [3.8, 4) is 11.5 Å². The fourth-order valence-corrected chi connectivity index (χ4v) is 3.85. The van der Waals surface area contributed by atoms with E-state index in [0.29, 0.717) is 31.9 Å². The van der Waals surface area contributed by atoms with E-state index in [4.69, 9.17) is 4.74 Å². The van der Waals surface area contributed by atoms with Crippen LogP contribution < -0.4 is 20.3 Å². The minimum Gasteiger partial charge on any atom is -0.457 e. The second-order valence-electron chi connectivity index (χ2n) is 7.32. The molecule has 164 valence electrons. The van der Waals surface area contributed by atoms with E-state index in [1.54, 1.807) is 24.3 Å². The van der Waals surface area contributed by atoms with Crippen LogP contribution in [0.2, 0.25) is 0 Å². The van der Waals surface area contributed by atoms with Crippen LogP contribution in [0.3, 0.4) is 0 Å². The zero-order valence-electron chi connectivity index (χ0n) is 18.0. The monoisotopic (exact) mass is 446 g/mol. The van der Waals surface area contributed by atoms with Crippen LogP contribution in [0.25, 0.3) is 10.9 Å². The molecule has 2 N–H and O–H groups in total. The molecule has 4 aromatic rings. The number of rotatable bonds is 10. The molecule has 2 aromatic carbocycles. The number of para-hydroxylation sites is 1. The molecule has 0 amide bonds. The molecule has 0 unspecified atom stereocenters. The lowest BCUT2D eigenvalue weighted by atomic mass is 10.1. The minimum absolute atomic E-state index is 0.0134. The van der Waals surface area contributed by atoms with Crippen LogP contribution in [-0.2, 0) is 19.6 Å². The van der Waals surface area contributed by atoms with E-state index in [2.05, 4.69) is 15.0 Å². The van der Waals surface area contributed by atoms with E-state index in [9.17, 15) is 4.79 Å². The quantitative estimate of drug-likeness (QED) is 0.279. The summed E-state index contributed by atoms with van der Waals surface area (Å²) in [5, 5.41) is 4.39. The maximum absolute atomic E-state index is 13.3. The third kappa shape index (κ3) is 5.56. The van der Waals surface area contributed by atoms with Gasteiger partial charge in [-0.25, -0.2) is 0 Å². The highest BCUT2D eigenvalue weighted by Crippen LogP contribution is 2.25. The number of pyridine rings is 2. The number of hydrogen-bond acceptors (Lipinski definition) is 6. The second kappa shape index (κ2) is 10.9. The molecule has 0 radical (unpaired) electrons. The number of benzene rings is 2. The molecule has 0 saturated carbocycles. The van der Waals surface area contributed by atoms with E-state index in [-0.39, 0.29) is 5.56 Å². The lowest BCUT2D eigenvalue weighted by Crippen LogP contribution is -2.30. The Morgan fingerprint density at radius 2 is 1.78 bits per heavy atom. The summed E-state index contributed by atoms with van der Waals surface area (Å²) in [4.78, 5) is 17.4. The van der Waals surface area contributed by atoms with Crippen molar-refractivity contribution >= 4 is 22.9 Å². The molecule has 0 aliphatic rings. The molecular weight excluding hydrogens is 420 g/mol. The van der Waals surface area contributed by atoms with Gasteiger partial charge in [0.05, 0.1) is 5.52 Å². The van der Waals surface area contributed by atoms with Gasteiger partial charge in [-0.3, -0.25) is 14.5 Å². The number of nitrogens with one attached hydrogen (secondary N) is 2. The van der Waals surface area contributed by atoms with Crippen molar-refractivity contribution in [2.75, 3.05) is 12.8 Å². The Morgan fingerprint density at radius 3 is 2.56 bits per heavy atom. The van der Waals surface area contributed by atoms with Crippen molar-refractivity contribution in [1.82, 2.24) is 19.6 Å². The van der Waals surface area contributed by atoms with E-state index < -0.39 is 0 Å². The number of nitrogens with zero attached hydrogens (tertiary/aromatic N) is 2. The highest BCUT2D eigenvalue weighted by atomic mass is 32.2. The Hall–Kier alpha value is -3.13. The smallest absolute Gasteiger partial charge is 0.255 e. The molecule has 0 aliphatic carbocycles.